The van der Waals surface area contributed by atoms with Gasteiger partial charge in [-0.25, -0.2) is 9.97 Å². The normalized spacial score (nSPS) is 11.3. The molecule has 0 aliphatic heterocycles. The molecular weight excluding hydrogens is 276 g/mol. The van der Waals surface area contributed by atoms with Crippen molar-refractivity contribution in [1.29, 1.82) is 0 Å². The lowest BCUT2D eigenvalue weighted by Gasteiger charge is -2.13. The molecule has 1 aromatic carbocycles. The molecule has 0 unspecified atom stereocenters. The Kier molecular flexibility index (Phi) is 3.81. The molecule has 2 heterocycles. The smallest absolute Gasteiger partial charge is 0.234 e. The molecule has 114 valence electrons. The highest BCUT2D eigenvalue weighted by molar-refractivity contribution is 5.67. The minimum atomic E-state index is 0.367. The van der Waals surface area contributed by atoms with Crippen LogP contribution in [-0.2, 0) is 6.54 Å². The highest BCUT2D eigenvalue weighted by atomic mass is 16.5. The lowest BCUT2D eigenvalue weighted by Crippen LogP contribution is -2.03. The topological polar surface area (TPSA) is 65.4 Å². The zero-order valence-corrected chi connectivity index (χ0v) is 13.1. The zero-order chi connectivity index (χ0) is 15.7. The first-order valence-corrected chi connectivity index (χ1v) is 7.36. The highest BCUT2D eigenvalue weighted by Crippen LogP contribution is 2.32. The summed E-state index contributed by atoms with van der Waals surface area (Å²) in [5.74, 6) is 1.93. The van der Waals surface area contributed by atoms with Gasteiger partial charge in [-0.15, -0.1) is 0 Å². The maximum atomic E-state index is 5.94. The second-order valence-electron chi connectivity index (χ2n) is 5.51. The summed E-state index contributed by atoms with van der Waals surface area (Å²) in [5, 5.41) is 0. The number of nitrogens with two attached hydrogens (primary N) is 1. The molecule has 0 atom stereocenters. The van der Waals surface area contributed by atoms with Crippen molar-refractivity contribution in [3.63, 3.8) is 0 Å². The van der Waals surface area contributed by atoms with Crippen LogP contribution in [0, 0.1) is 0 Å². The van der Waals surface area contributed by atoms with Crippen LogP contribution in [-0.4, -0.2) is 21.5 Å². The fourth-order valence-electron chi connectivity index (χ4n) is 2.69. The van der Waals surface area contributed by atoms with Crippen molar-refractivity contribution in [2.24, 2.45) is 5.73 Å². The number of imidazole rings is 1. The first kappa shape index (κ1) is 14.5. The number of nitrogens with zero attached hydrogens (tertiary/aromatic N) is 3. The molecule has 0 aliphatic rings. The van der Waals surface area contributed by atoms with Gasteiger partial charge in [0.2, 0.25) is 5.78 Å². The van der Waals surface area contributed by atoms with E-state index in [0.717, 1.165) is 28.3 Å². The van der Waals surface area contributed by atoms with Gasteiger partial charge in [-0.2, -0.15) is 0 Å². The van der Waals surface area contributed by atoms with Crippen molar-refractivity contribution >= 4 is 5.78 Å². The van der Waals surface area contributed by atoms with Crippen molar-refractivity contribution in [1.82, 2.24) is 14.4 Å². The quantitative estimate of drug-likeness (QED) is 0.804. The molecule has 0 saturated heterocycles. The van der Waals surface area contributed by atoms with Crippen LogP contribution in [0.25, 0.3) is 17.0 Å². The first-order chi connectivity index (χ1) is 10.7. The molecular formula is C17H20N4O. The number of hydrogen-bond acceptors (Lipinski definition) is 4. The minimum absolute atomic E-state index is 0.367. The summed E-state index contributed by atoms with van der Waals surface area (Å²) in [6.07, 6.45) is 3.67. The second kappa shape index (κ2) is 5.77. The molecule has 0 saturated carbocycles. The van der Waals surface area contributed by atoms with Gasteiger partial charge in [-0.05, 0) is 35.7 Å². The number of fused-ring (bicyclic) bond motifs is 1. The second-order valence-corrected chi connectivity index (χ2v) is 5.51. The van der Waals surface area contributed by atoms with E-state index in [1.54, 1.807) is 13.3 Å². The Bertz CT molecular complexity index is 808. The Balaban J connectivity index is 2.21. The molecule has 3 aromatic rings. The molecule has 2 aromatic heterocycles. The Morgan fingerprint density at radius 1 is 1.32 bits per heavy atom. The average molecular weight is 296 g/mol. The van der Waals surface area contributed by atoms with Crippen LogP contribution in [0.5, 0.6) is 5.75 Å². The molecule has 5 heteroatoms. The van der Waals surface area contributed by atoms with Gasteiger partial charge in [0.1, 0.15) is 5.75 Å². The predicted octanol–water partition coefficient (Wildman–Crippen LogP) is 2.99. The molecule has 0 radical (unpaired) electrons. The summed E-state index contributed by atoms with van der Waals surface area (Å²) >= 11 is 0. The molecule has 2 N–H and O–H groups in total. The number of benzene rings is 1. The van der Waals surface area contributed by atoms with Gasteiger partial charge < -0.3 is 10.5 Å². The Labute approximate surface area is 129 Å². The van der Waals surface area contributed by atoms with E-state index in [4.69, 9.17) is 10.5 Å². The van der Waals surface area contributed by atoms with Crippen molar-refractivity contribution in [3.8, 4) is 17.0 Å². The highest BCUT2D eigenvalue weighted by Gasteiger charge is 2.16. The summed E-state index contributed by atoms with van der Waals surface area (Å²) in [5.41, 5.74) is 9.98. The van der Waals surface area contributed by atoms with E-state index >= 15 is 0 Å². The number of ether oxygens (including phenoxy) is 1. The Morgan fingerprint density at radius 3 is 2.82 bits per heavy atom. The molecule has 0 fully saturated rings. The molecule has 5 nitrogen and oxygen atoms in total. The Morgan fingerprint density at radius 2 is 2.14 bits per heavy atom. The third-order valence-electron chi connectivity index (χ3n) is 3.82. The van der Waals surface area contributed by atoms with Crippen LogP contribution >= 0.6 is 0 Å². The van der Waals surface area contributed by atoms with Gasteiger partial charge in [0.05, 0.1) is 18.5 Å². The van der Waals surface area contributed by atoms with E-state index in [0.29, 0.717) is 18.2 Å². The van der Waals surface area contributed by atoms with E-state index in [2.05, 4.69) is 29.9 Å². The van der Waals surface area contributed by atoms with E-state index in [1.165, 1.54) is 0 Å². The number of rotatable bonds is 4. The number of hydrogen-bond donors (Lipinski definition) is 1. The van der Waals surface area contributed by atoms with Crippen molar-refractivity contribution in [3.05, 3.63) is 47.9 Å². The SMILES string of the molecule is COc1ccc(-c2nc3ncccn3c2CN)cc1C(C)C. The molecule has 0 amide bonds. The Hall–Kier alpha value is -2.40. The summed E-state index contributed by atoms with van der Waals surface area (Å²) < 4.78 is 7.39. The lowest BCUT2D eigenvalue weighted by molar-refractivity contribution is 0.407. The van der Waals surface area contributed by atoms with Crippen LogP contribution in [0.3, 0.4) is 0 Å². The third kappa shape index (κ3) is 2.33. The summed E-state index contributed by atoms with van der Waals surface area (Å²) in [6.45, 7) is 4.71. The predicted molar refractivity (Wildman–Crippen MR) is 87.0 cm³/mol. The fourth-order valence-corrected chi connectivity index (χ4v) is 2.69. The molecule has 3 rings (SSSR count). The maximum Gasteiger partial charge on any atom is 0.234 e. The standard InChI is InChI=1S/C17H20N4O/c1-11(2)13-9-12(5-6-15(13)22-3)16-14(10-18)21-8-4-7-19-17(21)20-16/h4-9,11H,10,18H2,1-3H3. The average Bonchev–Trinajstić information content (AvgIpc) is 2.92. The van der Waals surface area contributed by atoms with Crippen molar-refractivity contribution in [2.45, 2.75) is 26.3 Å². The van der Waals surface area contributed by atoms with E-state index in [9.17, 15) is 0 Å². The van der Waals surface area contributed by atoms with E-state index < -0.39 is 0 Å². The summed E-state index contributed by atoms with van der Waals surface area (Å²) in [6, 6.07) is 8.02. The van der Waals surface area contributed by atoms with Gasteiger partial charge in [0.25, 0.3) is 0 Å². The van der Waals surface area contributed by atoms with Crippen LogP contribution in [0.4, 0.5) is 0 Å². The molecule has 0 aliphatic carbocycles. The molecule has 0 bridgehead atoms. The van der Waals surface area contributed by atoms with Crippen LogP contribution in [0.15, 0.2) is 36.7 Å². The van der Waals surface area contributed by atoms with Crippen LogP contribution < -0.4 is 10.5 Å². The maximum absolute atomic E-state index is 5.94. The first-order valence-electron chi connectivity index (χ1n) is 7.36. The molecule has 0 spiro atoms. The zero-order valence-electron chi connectivity index (χ0n) is 13.1. The number of methoxy groups -OCH3 is 1. The van der Waals surface area contributed by atoms with Gasteiger partial charge in [0, 0.05) is 24.5 Å². The van der Waals surface area contributed by atoms with Crippen molar-refractivity contribution < 1.29 is 4.74 Å². The van der Waals surface area contributed by atoms with Gasteiger partial charge >= 0.3 is 0 Å². The molecule has 22 heavy (non-hydrogen) atoms. The van der Waals surface area contributed by atoms with Gasteiger partial charge in [-0.3, -0.25) is 4.40 Å². The van der Waals surface area contributed by atoms with Gasteiger partial charge in [-0.1, -0.05) is 13.8 Å². The van der Waals surface area contributed by atoms with Crippen LogP contribution in [0.1, 0.15) is 31.0 Å². The number of aromatic nitrogens is 3. The summed E-state index contributed by atoms with van der Waals surface area (Å²) in [4.78, 5) is 8.94. The van der Waals surface area contributed by atoms with E-state index in [-0.39, 0.29) is 0 Å². The third-order valence-corrected chi connectivity index (χ3v) is 3.82. The van der Waals surface area contributed by atoms with Gasteiger partial charge in [0.15, 0.2) is 0 Å². The van der Waals surface area contributed by atoms with E-state index in [1.807, 2.05) is 28.8 Å². The summed E-state index contributed by atoms with van der Waals surface area (Å²) in [7, 11) is 1.70. The van der Waals surface area contributed by atoms with Crippen LogP contribution in [0.2, 0.25) is 0 Å². The fraction of sp³-hybridized carbons (Fsp3) is 0.294. The monoisotopic (exact) mass is 296 g/mol. The minimum Gasteiger partial charge on any atom is -0.496 e. The van der Waals surface area contributed by atoms with Crippen molar-refractivity contribution in [2.75, 3.05) is 7.11 Å². The lowest BCUT2D eigenvalue weighted by atomic mass is 9.98. The largest absolute Gasteiger partial charge is 0.496 e.